The van der Waals surface area contributed by atoms with Crippen LogP contribution in [0.3, 0.4) is 0 Å². The van der Waals surface area contributed by atoms with Gasteiger partial charge in [-0.2, -0.15) is 0 Å². The maximum Gasteiger partial charge on any atom is 0.321 e. The molecule has 8 heteroatoms. The fourth-order valence-corrected chi connectivity index (χ4v) is 6.56. The van der Waals surface area contributed by atoms with Crippen molar-refractivity contribution in [2.24, 2.45) is 5.41 Å². The minimum atomic E-state index is -0.433. The number of anilines is 2. The summed E-state index contributed by atoms with van der Waals surface area (Å²) in [5, 5.41) is 13.0. The number of aliphatic hydroxyl groups excluding tert-OH is 1. The number of para-hydroxylation sites is 1. The van der Waals surface area contributed by atoms with Crippen molar-refractivity contribution in [3.05, 3.63) is 53.8 Å². The van der Waals surface area contributed by atoms with Gasteiger partial charge in [-0.05, 0) is 49.1 Å². The number of halogens is 1. The smallest absolute Gasteiger partial charge is 0.321 e. The van der Waals surface area contributed by atoms with Gasteiger partial charge in [0.05, 0.1) is 31.5 Å². The number of piperidine rings is 2. The third kappa shape index (κ3) is 3.60. The van der Waals surface area contributed by atoms with E-state index in [4.69, 9.17) is 4.74 Å². The van der Waals surface area contributed by atoms with E-state index in [0.717, 1.165) is 30.8 Å². The van der Waals surface area contributed by atoms with Crippen molar-refractivity contribution in [2.75, 3.05) is 57.7 Å². The second-order valence-electron chi connectivity index (χ2n) is 9.93. The predicted molar refractivity (Wildman–Crippen MR) is 130 cm³/mol. The molecular weight excluding hydrogens is 435 g/mol. The summed E-state index contributed by atoms with van der Waals surface area (Å²) in [5.41, 5.74) is 2.64. The number of fused-ring (bicyclic) bond motifs is 4. The van der Waals surface area contributed by atoms with Crippen LogP contribution in [0.15, 0.2) is 42.5 Å². The highest BCUT2D eigenvalue weighted by Crippen LogP contribution is 2.58. The number of aliphatic hydroxyl groups is 1. The van der Waals surface area contributed by atoms with Crippen LogP contribution in [0, 0.1) is 11.2 Å². The van der Waals surface area contributed by atoms with Crippen LogP contribution in [0.5, 0.6) is 5.75 Å². The number of carbonyl (C=O) groups is 1. The van der Waals surface area contributed by atoms with E-state index in [0.29, 0.717) is 13.1 Å². The van der Waals surface area contributed by atoms with Gasteiger partial charge in [-0.3, -0.25) is 4.90 Å². The molecule has 2 fully saturated rings. The van der Waals surface area contributed by atoms with Crippen molar-refractivity contribution in [1.82, 2.24) is 9.80 Å². The van der Waals surface area contributed by atoms with Crippen molar-refractivity contribution >= 4 is 17.4 Å². The largest absolute Gasteiger partial charge is 0.497 e. The lowest BCUT2D eigenvalue weighted by atomic mass is 9.60. The summed E-state index contributed by atoms with van der Waals surface area (Å²) in [6.45, 7) is 2.18. The van der Waals surface area contributed by atoms with Crippen LogP contribution in [-0.4, -0.2) is 80.5 Å². The summed E-state index contributed by atoms with van der Waals surface area (Å²) in [4.78, 5) is 19.3. The van der Waals surface area contributed by atoms with Crippen LogP contribution < -0.4 is 15.0 Å². The van der Waals surface area contributed by atoms with Crippen LogP contribution in [-0.2, 0) is 0 Å². The summed E-state index contributed by atoms with van der Waals surface area (Å²) in [5.74, 6) is 0.646. The number of likely N-dealkylation sites (tertiary alicyclic amines) is 2. The van der Waals surface area contributed by atoms with E-state index in [1.807, 2.05) is 6.07 Å². The summed E-state index contributed by atoms with van der Waals surface area (Å²) < 4.78 is 19.5. The quantitative estimate of drug-likeness (QED) is 0.723. The number of benzene rings is 2. The number of methoxy groups -OCH3 is 1. The number of carbonyl (C=O) groups excluding carboxylic acids is 1. The van der Waals surface area contributed by atoms with Crippen LogP contribution >= 0.6 is 0 Å². The van der Waals surface area contributed by atoms with Crippen molar-refractivity contribution in [2.45, 2.75) is 30.8 Å². The molecule has 2 aromatic carbocycles. The first-order valence-corrected chi connectivity index (χ1v) is 11.9. The van der Waals surface area contributed by atoms with Crippen LogP contribution in [0.2, 0.25) is 0 Å². The molecule has 0 bridgehead atoms. The molecule has 3 atom stereocenters. The second-order valence-corrected chi connectivity index (χ2v) is 9.93. The van der Waals surface area contributed by atoms with Gasteiger partial charge >= 0.3 is 6.03 Å². The van der Waals surface area contributed by atoms with E-state index in [1.54, 1.807) is 30.2 Å². The van der Waals surface area contributed by atoms with E-state index in [9.17, 15) is 14.3 Å². The molecule has 3 heterocycles. The van der Waals surface area contributed by atoms with Gasteiger partial charge in [-0.25, -0.2) is 9.18 Å². The monoisotopic (exact) mass is 468 g/mol. The molecule has 0 radical (unpaired) electrons. The Kier molecular flexibility index (Phi) is 5.90. The Balaban J connectivity index is 1.40. The molecule has 5 rings (SSSR count). The number of urea groups is 1. The number of hydrogen-bond donors (Lipinski definition) is 2. The SMILES string of the molecule is COc1ccc2c(c1)N(C)C1C(CO)N(C)CC3(CCN(C(=O)Nc4ccccc4F)CC3)C21. The van der Waals surface area contributed by atoms with Crippen molar-refractivity contribution in [3.63, 3.8) is 0 Å². The molecule has 3 aliphatic heterocycles. The Morgan fingerprint density at radius 3 is 2.62 bits per heavy atom. The summed E-state index contributed by atoms with van der Waals surface area (Å²) >= 11 is 0. The average Bonchev–Trinajstić information content (AvgIpc) is 3.13. The molecule has 2 N–H and O–H groups in total. The van der Waals surface area contributed by atoms with Crippen LogP contribution in [0.4, 0.5) is 20.6 Å². The third-order valence-electron chi connectivity index (χ3n) is 8.27. The van der Waals surface area contributed by atoms with E-state index in [-0.39, 0.29) is 41.7 Å². The first-order chi connectivity index (χ1) is 16.4. The zero-order valence-corrected chi connectivity index (χ0v) is 20.0. The molecule has 0 aliphatic carbocycles. The average molecular weight is 469 g/mol. The molecule has 2 amide bonds. The summed E-state index contributed by atoms with van der Waals surface area (Å²) in [6, 6.07) is 12.4. The van der Waals surface area contributed by atoms with E-state index >= 15 is 0 Å². The van der Waals surface area contributed by atoms with E-state index in [1.165, 1.54) is 11.6 Å². The Morgan fingerprint density at radius 1 is 1.21 bits per heavy atom. The Labute approximate surface area is 200 Å². The number of nitrogens with one attached hydrogen (secondary N) is 1. The Bertz CT molecular complexity index is 1070. The highest BCUT2D eigenvalue weighted by Gasteiger charge is 2.57. The minimum Gasteiger partial charge on any atom is -0.497 e. The van der Waals surface area contributed by atoms with Gasteiger partial charge in [-0.1, -0.05) is 18.2 Å². The van der Waals surface area contributed by atoms with Crippen molar-refractivity contribution in [1.29, 1.82) is 0 Å². The van der Waals surface area contributed by atoms with Crippen LogP contribution in [0.1, 0.15) is 24.3 Å². The third-order valence-corrected chi connectivity index (χ3v) is 8.27. The molecule has 0 aromatic heterocycles. The van der Waals surface area contributed by atoms with E-state index in [2.05, 4.69) is 41.3 Å². The molecule has 0 saturated carbocycles. The molecule has 3 aliphatic rings. The number of rotatable bonds is 3. The lowest BCUT2D eigenvalue weighted by molar-refractivity contribution is -0.0266. The first-order valence-electron chi connectivity index (χ1n) is 11.9. The summed E-state index contributed by atoms with van der Waals surface area (Å²) in [7, 11) is 5.88. The number of hydrogen-bond acceptors (Lipinski definition) is 5. The zero-order valence-electron chi connectivity index (χ0n) is 20.0. The maximum atomic E-state index is 14.0. The fraction of sp³-hybridized carbons (Fsp3) is 0.500. The number of likely N-dealkylation sites (N-methyl/N-ethyl adjacent to an activating group) is 2. The zero-order chi connectivity index (χ0) is 24.0. The highest BCUT2D eigenvalue weighted by molar-refractivity contribution is 5.89. The first kappa shape index (κ1) is 22.9. The second kappa shape index (κ2) is 8.74. The summed E-state index contributed by atoms with van der Waals surface area (Å²) in [6.07, 6.45) is 1.70. The lowest BCUT2D eigenvalue weighted by Crippen LogP contribution is -2.64. The number of amides is 2. The van der Waals surface area contributed by atoms with Gasteiger partial charge in [0.1, 0.15) is 11.6 Å². The van der Waals surface area contributed by atoms with Gasteiger partial charge in [0.15, 0.2) is 0 Å². The van der Waals surface area contributed by atoms with Gasteiger partial charge in [0.25, 0.3) is 0 Å². The molecular formula is C26H33FN4O3. The molecule has 3 unspecified atom stereocenters. The number of ether oxygens (including phenoxy) is 1. The Hall–Kier alpha value is -2.84. The molecule has 182 valence electrons. The minimum absolute atomic E-state index is 0.0199. The lowest BCUT2D eigenvalue weighted by Gasteiger charge is -2.56. The fourth-order valence-electron chi connectivity index (χ4n) is 6.56. The highest BCUT2D eigenvalue weighted by atomic mass is 19.1. The maximum absolute atomic E-state index is 14.0. The standard InChI is InChI=1S/C26H33FN4O3/c1-29-16-26(10-12-31(13-11-26)25(33)28-20-7-5-4-6-19(20)27)23-18-9-8-17(34-3)14-21(18)30(2)24(23)22(29)15-32/h4-9,14,22-24,32H,10-13,15-16H2,1-3H3,(H,28,33). The molecule has 34 heavy (non-hydrogen) atoms. The molecule has 2 aromatic rings. The van der Waals surface area contributed by atoms with Crippen molar-refractivity contribution < 1.29 is 19.0 Å². The normalized spacial score (nSPS) is 25.7. The van der Waals surface area contributed by atoms with Crippen molar-refractivity contribution in [3.8, 4) is 5.75 Å². The van der Waals surface area contributed by atoms with E-state index < -0.39 is 5.82 Å². The predicted octanol–water partition coefficient (Wildman–Crippen LogP) is 3.36. The molecule has 1 spiro atoms. The Morgan fingerprint density at radius 2 is 1.94 bits per heavy atom. The molecule has 2 saturated heterocycles. The number of nitrogens with zero attached hydrogens (tertiary/aromatic N) is 3. The molecule has 7 nitrogen and oxygen atoms in total. The van der Waals surface area contributed by atoms with Gasteiger partial charge in [-0.15, -0.1) is 0 Å². The topological polar surface area (TPSA) is 68.3 Å². The van der Waals surface area contributed by atoms with Gasteiger partial charge in [0.2, 0.25) is 0 Å². The van der Waals surface area contributed by atoms with Gasteiger partial charge in [0, 0.05) is 44.4 Å². The van der Waals surface area contributed by atoms with Gasteiger partial charge < -0.3 is 25.0 Å². The van der Waals surface area contributed by atoms with Crippen LogP contribution in [0.25, 0.3) is 0 Å².